The number of carbonyl (C=O) groups is 1. The Morgan fingerprint density at radius 2 is 1.67 bits per heavy atom. The smallest absolute Gasteiger partial charge is 0.339 e. The third kappa shape index (κ3) is 1.76. The summed E-state index contributed by atoms with van der Waals surface area (Å²) >= 11 is 0. The first-order valence-electron chi connectivity index (χ1n) is 7.04. The fourth-order valence-electron chi connectivity index (χ4n) is 3.09. The summed E-state index contributed by atoms with van der Waals surface area (Å²) in [5.41, 5.74) is 3.87. The van der Waals surface area contributed by atoms with Crippen molar-refractivity contribution in [3.05, 3.63) is 82.9 Å². The van der Waals surface area contributed by atoms with Gasteiger partial charge in [-0.2, -0.15) is 0 Å². The number of aryl methyl sites for hydroxylation is 1. The number of hydrogen-bond donors (Lipinski definition) is 0. The highest BCUT2D eigenvalue weighted by atomic mass is 16.5. The van der Waals surface area contributed by atoms with E-state index >= 15 is 0 Å². The van der Waals surface area contributed by atoms with Crippen LogP contribution in [0.3, 0.4) is 0 Å². The molecule has 3 aromatic rings. The van der Waals surface area contributed by atoms with Crippen molar-refractivity contribution in [3.63, 3.8) is 0 Å². The molecule has 1 aliphatic heterocycles. The molecule has 1 aliphatic rings. The molecule has 1 atom stereocenters. The first-order chi connectivity index (χ1) is 10.3. The van der Waals surface area contributed by atoms with Crippen LogP contribution in [-0.4, -0.2) is 5.97 Å². The second-order valence-corrected chi connectivity index (χ2v) is 5.39. The lowest BCUT2D eigenvalue weighted by Gasteiger charge is -2.15. The van der Waals surface area contributed by atoms with Crippen LogP contribution >= 0.6 is 0 Å². The first kappa shape index (κ1) is 12.2. The molecule has 0 aliphatic carbocycles. The van der Waals surface area contributed by atoms with Gasteiger partial charge >= 0.3 is 5.97 Å². The van der Waals surface area contributed by atoms with Gasteiger partial charge in [0.2, 0.25) is 0 Å². The highest BCUT2D eigenvalue weighted by molar-refractivity contribution is 6.02. The van der Waals surface area contributed by atoms with Gasteiger partial charge in [-0.15, -0.1) is 0 Å². The Morgan fingerprint density at radius 1 is 0.905 bits per heavy atom. The number of rotatable bonds is 1. The Balaban J connectivity index is 2.02. The zero-order valence-corrected chi connectivity index (χ0v) is 11.7. The molecule has 0 radical (unpaired) electrons. The number of benzene rings is 3. The lowest BCUT2D eigenvalue weighted by atomic mass is 9.92. The van der Waals surface area contributed by atoms with E-state index in [1.165, 1.54) is 0 Å². The molecule has 0 saturated carbocycles. The van der Waals surface area contributed by atoms with Gasteiger partial charge in [0.25, 0.3) is 0 Å². The van der Waals surface area contributed by atoms with Crippen LogP contribution in [0.15, 0.2) is 60.7 Å². The van der Waals surface area contributed by atoms with E-state index in [4.69, 9.17) is 4.74 Å². The molecule has 102 valence electrons. The zero-order chi connectivity index (χ0) is 14.4. The summed E-state index contributed by atoms with van der Waals surface area (Å²) in [5, 5.41) is 2.22. The van der Waals surface area contributed by atoms with E-state index in [-0.39, 0.29) is 12.1 Å². The minimum Gasteiger partial charge on any atom is -0.449 e. The fourth-order valence-corrected chi connectivity index (χ4v) is 3.09. The molecule has 21 heavy (non-hydrogen) atoms. The summed E-state index contributed by atoms with van der Waals surface area (Å²) in [6, 6.07) is 20.0. The van der Waals surface area contributed by atoms with Gasteiger partial charge in [0.05, 0.1) is 5.56 Å². The fraction of sp³-hybridized carbons (Fsp3) is 0.105. The Labute approximate surface area is 123 Å². The molecule has 0 amide bonds. The largest absolute Gasteiger partial charge is 0.449 e. The monoisotopic (exact) mass is 274 g/mol. The molecule has 4 rings (SSSR count). The number of carbonyl (C=O) groups excluding carboxylic acids is 1. The van der Waals surface area contributed by atoms with E-state index < -0.39 is 0 Å². The van der Waals surface area contributed by atoms with Crippen LogP contribution in [0.4, 0.5) is 0 Å². The zero-order valence-electron chi connectivity index (χ0n) is 11.7. The number of esters is 1. The third-order valence-corrected chi connectivity index (χ3v) is 4.15. The maximum Gasteiger partial charge on any atom is 0.339 e. The van der Waals surface area contributed by atoms with E-state index in [2.05, 4.69) is 12.1 Å². The van der Waals surface area contributed by atoms with Gasteiger partial charge in [0.15, 0.2) is 6.10 Å². The van der Waals surface area contributed by atoms with Gasteiger partial charge in [0.1, 0.15) is 0 Å². The number of ether oxygens (including phenoxy) is 1. The summed E-state index contributed by atoms with van der Waals surface area (Å²) < 4.78 is 5.67. The van der Waals surface area contributed by atoms with Crippen LogP contribution in [0.25, 0.3) is 10.8 Å². The molecule has 0 unspecified atom stereocenters. The van der Waals surface area contributed by atoms with Crippen molar-refractivity contribution in [2.45, 2.75) is 13.0 Å². The maximum atomic E-state index is 12.2. The molecule has 1 heterocycles. The molecule has 0 fully saturated rings. The highest BCUT2D eigenvalue weighted by Gasteiger charge is 2.34. The van der Waals surface area contributed by atoms with Crippen LogP contribution in [-0.2, 0) is 4.74 Å². The van der Waals surface area contributed by atoms with Crippen molar-refractivity contribution < 1.29 is 9.53 Å². The third-order valence-electron chi connectivity index (χ3n) is 4.15. The second kappa shape index (κ2) is 4.45. The van der Waals surface area contributed by atoms with Crippen molar-refractivity contribution in [1.29, 1.82) is 0 Å². The molecule has 0 N–H and O–H groups in total. The van der Waals surface area contributed by atoms with Gasteiger partial charge in [-0.05, 0) is 34.9 Å². The molecule has 0 spiro atoms. The Hall–Kier alpha value is -2.61. The van der Waals surface area contributed by atoms with Crippen molar-refractivity contribution in [2.75, 3.05) is 0 Å². The summed E-state index contributed by atoms with van der Waals surface area (Å²) in [6.07, 6.45) is -0.306. The van der Waals surface area contributed by atoms with E-state index in [0.29, 0.717) is 5.56 Å². The van der Waals surface area contributed by atoms with Crippen molar-refractivity contribution in [1.82, 2.24) is 0 Å². The molecule has 0 saturated heterocycles. The second-order valence-electron chi connectivity index (χ2n) is 5.39. The van der Waals surface area contributed by atoms with Crippen molar-refractivity contribution in [3.8, 4) is 0 Å². The van der Waals surface area contributed by atoms with Gasteiger partial charge < -0.3 is 4.74 Å². The summed E-state index contributed by atoms with van der Waals surface area (Å²) in [7, 11) is 0. The summed E-state index contributed by atoms with van der Waals surface area (Å²) in [4.78, 5) is 12.2. The van der Waals surface area contributed by atoms with E-state index in [1.807, 2.05) is 55.5 Å². The highest BCUT2D eigenvalue weighted by Crippen LogP contribution is 2.41. The average Bonchev–Trinajstić information content (AvgIpc) is 2.85. The quantitative estimate of drug-likeness (QED) is 0.614. The molecule has 0 aromatic heterocycles. The molecule has 2 nitrogen and oxygen atoms in total. The minimum absolute atomic E-state index is 0.232. The number of hydrogen-bond acceptors (Lipinski definition) is 2. The topological polar surface area (TPSA) is 26.3 Å². The lowest BCUT2D eigenvalue weighted by Crippen LogP contribution is -2.03. The Morgan fingerprint density at radius 3 is 2.52 bits per heavy atom. The van der Waals surface area contributed by atoms with Crippen LogP contribution in [0.5, 0.6) is 0 Å². The molecule has 2 heteroatoms. The van der Waals surface area contributed by atoms with E-state index in [9.17, 15) is 4.79 Å². The first-order valence-corrected chi connectivity index (χ1v) is 7.04. The van der Waals surface area contributed by atoms with Crippen molar-refractivity contribution >= 4 is 16.7 Å². The molecule has 3 aromatic carbocycles. The SMILES string of the molecule is Cc1ccccc1[C@H]1OC(=O)c2ccc3ccccc3c21. The predicted octanol–water partition coefficient (Wildman–Crippen LogP) is 4.41. The van der Waals surface area contributed by atoms with Crippen LogP contribution < -0.4 is 0 Å². The summed E-state index contributed by atoms with van der Waals surface area (Å²) in [5.74, 6) is -0.232. The van der Waals surface area contributed by atoms with Crippen molar-refractivity contribution in [2.24, 2.45) is 0 Å². The predicted molar refractivity (Wildman–Crippen MR) is 82.4 cm³/mol. The van der Waals surface area contributed by atoms with Gasteiger partial charge in [-0.3, -0.25) is 0 Å². The Bertz CT molecular complexity index is 864. The standard InChI is InChI=1S/C19H14O2/c1-12-6-2-4-8-14(12)18-17-15-9-5-3-7-13(15)10-11-16(17)19(20)21-18/h2-11,18H,1H3/t18-/m1/s1. The van der Waals surface area contributed by atoms with Crippen LogP contribution in [0.2, 0.25) is 0 Å². The molecule has 0 bridgehead atoms. The normalized spacial score (nSPS) is 16.8. The minimum atomic E-state index is -0.306. The average molecular weight is 274 g/mol. The van der Waals surface area contributed by atoms with Crippen LogP contribution in [0.1, 0.15) is 33.2 Å². The number of cyclic esters (lactones) is 1. The summed E-state index contributed by atoms with van der Waals surface area (Å²) in [6.45, 7) is 2.05. The van der Waals surface area contributed by atoms with E-state index in [0.717, 1.165) is 27.5 Å². The molecular formula is C19H14O2. The van der Waals surface area contributed by atoms with E-state index in [1.54, 1.807) is 0 Å². The molecular weight excluding hydrogens is 260 g/mol. The van der Waals surface area contributed by atoms with Gasteiger partial charge in [0, 0.05) is 5.56 Å². The lowest BCUT2D eigenvalue weighted by molar-refractivity contribution is 0.0456. The number of fused-ring (bicyclic) bond motifs is 3. The van der Waals surface area contributed by atoms with Gasteiger partial charge in [-0.25, -0.2) is 4.79 Å². The maximum absolute atomic E-state index is 12.2. The Kier molecular flexibility index (Phi) is 2.58. The van der Waals surface area contributed by atoms with Crippen LogP contribution in [0, 0.1) is 6.92 Å². The van der Waals surface area contributed by atoms with Gasteiger partial charge in [-0.1, -0.05) is 54.6 Å².